The highest BCUT2D eigenvalue weighted by atomic mass is 32.2. The zero-order valence-corrected chi connectivity index (χ0v) is 16.3. The van der Waals surface area contributed by atoms with E-state index in [-0.39, 0.29) is 12.8 Å². The van der Waals surface area contributed by atoms with Gasteiger partial charge in [0.25, 0.3) is 0 Å². The van der Waals surface area contributed by atoms with Crippen molar-refractivity contribution in [2.45, 2.75) is 86.5 Å². The van der Waals surface area contributed by atoms with E-state index in [2.05, 4.69) is 0 Å². The van der Waals surface area contributed by atoms with Gasteiger partial charge in [-0.15, -0.1) is 0 Å². The first kappa shape index (κ1) is 30.3. The van der Waals surface area contributed by atoms with E-state index in [4.69, 9.17) is 0 Å². The quantitative estimate of drug-likeness (QED) is 0.176. The number of alkyl halides is 15. The summed E-state index contributed by atoms with van der Waals surface area (Å²) >= 11 is -1.34. The van der Waals surface area contributed by atoms with Gasteiger partial charge < -0.3 is 0 Å². The summed E-state index contributed by atoms with van der Waals surface area (Å²) in [5, 5.41) is -6.20. The van der Waals surface area contributed by atoms with Gasteiger partial charge in [-0.2, -0.15) is 65.9 Å². The summed E-state index contributed by atoms with van der Waals surface area (Å²) in [7, 11) is 0. The highest BCUT2D eigenvalue weighted by Gasteiger charge is 2.93. The molecule has 0 radical (unpaired) electrons. The van der Waals surface area contributed by atoms with Gasteiger partial charge in [0, 0.05) is 0 Å². The highest BCUT2D eigenvalue weighted by Crippen LogP contribution is 2.63. The number of hydrogen-bond donors (Lipinski definition) is 0. The van der Waals surface area contributed by atoms with Crippen LogP contribution in [-0.4, -0.2) is 46.8 Å². The Morgan fingerprint density at radius 1 is 0.452 bits per heavy atom. The van der Waals surface area contributed by atoms with Gasteiger partial charge in [-0.1, -0.05) is 50.8 Å². The molecule has 0 aromatic rings. The van der Waals surface area contributed by atoms with Crippen LogP contribution in [0.2, 0.25) is 0 Å². The normalized spacial score (nSPS) is 15.5. The van der Waals surface area contributed by atoms with Crippen LogP contribution in [0.4, 0.5) is 65.9 Å². The number of unbranched alkanes of at least 4 members (excludes halogenated alkanes) is 5. The first-order valence-electron chi connectivity index (χ1n) is 8.53. The monoisotopic (exact) mass is 514 g/mol. The number of thioether (sulfide) groups is 1. The predicted octanol–water partition coefficient (Wildman–Crippen LogP) is 8.41. The van der Waals surface area contributed by atoms with Crippen molar-refractivity contribution in [2.24, 2.45) is 0 Å². The van der Waals surface area contributed by atoms with Crippen molar-refractivity contribution >= 4 is 11.8 Å². The van der Waals surface area contributed by atoms with Gasteiger partial charge in [0.05, 0.1) is 0 Å². The van der Waals surface area contributed by atoms with Crippen LogP contribution in [0.5, 0.6) is 0 Å². The van der Waals surface area contributed by atoms with Crippen LogP contribution >= 0.6 is 11.8 Å². The van der Waals surface area contributed by atoms with Gasteiger partial charge >= 0.3 is 41.0 Å². The van der Waals surface area contributed by atoms with Crippen molar-refractivity contribution < 1.29 is 65.9 Å². The molecule has 188 valence electrons. The topological polar surface area (TPSA) is 0 Å². The third kappa shape index (κ3) is 5.45. The van der Waals surface area contributed by atoms with Crippen molar-refractivity contribution in [1.29, 1.82) is 0 Å². The van der Waals surface area contributed by atoms with Crippen molar-refractivity contribution in [1.82, 2.24) is 0 Å². The van der Waals surface area contributed by atoms with E-state index in [1.165, 1.54) is 0 Å². The van der Waals surface area contributed by atoms with Crippen LogP contribution in [0.1, 0.15) is 45.4 Å². The maximum Gasteiger partial charge on any atom is 0.460 e. The molecule has 0 N–H and O–H groups in total. The number of halogens is 15. The second-order valence-electron chi connectivity index (χ2n) is 6.50. The van der Waals surface area contributed by atoms with Crippen LogP contribution < -0.4 is 0 Å². The van der Waals surface area contributed by atoms with Gasteiger partial charge in [-0.25, -0.2) is 0 Å². The summed E-state index contributed by atoms with van der Waals surface area (Å²) in [6.07, 6.45) is -5.20. The molecule has 31 heavy (non-hydrogen) atoms. The summed E-state index contributed by atoms with van der Waals surface area (Å²) < 4.78 is 195. The zero-order chi connectivity index (χ0) is 25.2. The molecule has 0 saturated carbocycles. The van der Waals surface area contributed by atoms with Gasteiger partial charge in [0.15, 0.2) is 0 Å². The van der Waals surface area contributed by atoms with E-state index in [0.717, 1.165) is 12.8 Å². The van der Waals surface area contributed by atoms with E-state index >= 15 is 0 Å². The minimum atomic E-state index is -8.22. The minimum absolute atomic E-state index is 0.136. The smallest absolute Gasteiger partial charge is 0.192 e. The molecule has 0 aromatic heterocycles. The lowest BCUT2D eigenvalue weighted by molar-refractivity contribution is -0.447. The standard InChI is InChI=1S/C15H17F15S/c1-2-3-4-5-6-7-8-31-15(29,30)13(24,25)11(20,21)9(16,17)10(18,19)12(22,23)14(26,27)28/h2-8H2,1H3. The predicted molar refractivity (Wildman–Crippen MR) is 81.6 cm³/mol. The van der Waals surface area contributed by atoms with E-state index in [9.17, 15) is 65.9 Å². The van der Waals surface area contributed by atoms with Gasteiger partial charge in [0.2, 0.25) is 0 Å². The molecule has 0 spiro atoms. The molecule has 0 nitrogen and oxygen atoms in total. The molecule has 0 fully saturated rings. The van der Waals surface area contributed by atoms with Gasteiger partial charge in [-0.3, -0.25) is 0 Å². The fourth-order valence-electron chi connectivity index (χ4n) is 2.13. The van der Waals surface area contributed by atoms with Gasteiger partial charge in [-0.05, 0) is 12.2 Å². The van der Waals surface area contributed by atoms with Crippen LogP contribution in [0, 0.1) is 0 Å². The Bertz CT molecular complexity index is 567. The van der Waals surface area contributed by atoms with E-state index in [1.807, 2.05) is 6.92 Å². The minimum Gasteiger partial charge on any atom is -0.192 e. The molecule has 0 saturated heterocycles. The highest BCUT2D eigenvalue weighted by molar-refractivity contribution is 8.00. The first-order chi connectivity index (χ1) is 13.6. The van der Waals surface area contributed by atoms with Crippen molar-refractivity contribution in [2.75, 3.05) is 5.75 Å². The fraction of sp³-hybridized carbons (Fsp3) is 1.00. The molecule has 0 aliphatic carbocycles. The summed E-state index contributed by atoms with van der Waals surface area (Å²) in [6, 6.07) is 0. The second-order valence-corrected chi connectivity index (χ2v) is 7.71. The SMILES string of the molecule is CCCCCCCCSC(F)(F)C(F)(F)C(F)(F)C(F)(F)C(F)(F)C(F)(F)C(F)(F)F. The fourth-order valence-corrected chi connectivity index (χ4v) is 3.04. The molecule has 16 heteroatoms. The maximum atomic E-state index is 13.5. The molecular formula is C15H17F15S. The van der Waals surface area contributed by atoms with E-state index in [1.54, 1.807) is 0 Å². The van der Waals surface area contributed by atoms with Crippen LogP contribution in [-0.2, 0) is 0 Å². The maximum absolute atomic E-state index is 13.5. The Hall–Kier alpha value is -0.700. The van der Waals surface area contributed by atoms with Crippen LogP contribution in [0.3, 0.4) is 0 Å². The molecule has 0 aliphatic rings. The average molecular weight is 514 g/mol. The lowest BCUT2D eigenvalue weighted by Crippen LogP contribution is -2.72. The Kier molecular flexibility index (Phi) is 9.44. The average Bonchev–Trinajstić information content (AvgIpc) is 2.59. The Morgan fingerprint density at radius 2 is 0.806 bits per heavy atom. The largest absolute Gasteiger partial charge is 0.460 e. The molecule has 0 atom stereocenters. The van der Waals surface area contributed by atoms with E-state index in [0.29, 0.717) is 12.8 Å². The summed E-state index contributed by atoms with van der Waals surface area (Å²) in [5.74, 6) is -40.8. The first-order valence-corrected chi connectivity index (χ1v) is 9.52. The Morgan fingerprint density at radius 3 is 1.23 bits per heavy atom. The van der Waals surface area contributed by atoms with Crippen molar-refractivity contribution in [3.05, 3.63) is 0 Å². The molecular weight excluding hydrogens is 497 g/mol. The third-order valence-corrected chi connectivity index (χ3v) is 5.19. The van der Waals surface area contributed by atoms with Crippen LogP contribution in [0.15, 0.2) is 0 Å². The summed E-state index contributed by atoms with van der Waals surface area (Å²) in [5.41, 5.74) is 0. The van der Waals surface area contributed by atoms with Crippen molar-refractivity contribution in [3.63, 3.8) is 0 Å². The second kappa shape index (κ2) is 9.65. The number of hydrogen-bond acceptors (Lipinski definition) is 1. The Balaban J connectivity index is 5.69. The van der Waals surface area contributed by atoms with E-state index < -0.39 is 58.6 Å². The Labute approximate surface area is 170 Å². The molecule has 0 aliphatic heterocycles. The number of rotatable bonds is 13. The molecule has 0 rings (SSSR count). The molecule has 0 amide bonds. The lowest BCUT2D eigenvalue weighted by atomic mass is 9.94. The molecule has 0 bridgehead atoms. The molecule has 0 aromatic carbocycles. The van der Waals surface area contributed by atoms with Crippen LogP contribution in [0.25, 0.3) is 0 Å². The third-order valence-electron chi connectivity index (χ3n) is 4.08. The van der Waals surface area contributed by atoms with Crippen molar-refractivity contribution in [3.8, 4) is 0 Å². The summed E-state index contributed by atoms with van der Waals surface area (Å²) in [4.78, 5) is 0. The molecule has 0 unspecified atom stereocenters. The molecule has 0 heterocycles. The summed E-state index contributed by atoms with van der Waals surface area (Å²) in [6.45, 7) is 1.82. The zero-order valence-electron chi connectivity index (χ0n) is 15.5. The lowest BCUT2D eigenvalue weighted by Gasteiger charge is -2.41. The van der Waals surface area contributed by atoms with Gasteiger partial charge in [0.1, 0.15) is 0 Å².